The zero-order chi connectivity index (χ0) is 8.97. The van der Waals surface area contributed by atoms with Gasteiger partial charge >= 0.3 is 0 Å². The maximum atomic E-state index is 5.35. The van der Waals surface area contributed by atoms with Crippen LogP contribution in [0.5, 0.6) is 0 Å². The minimum absolute atomic E-state index is 0.362. The van der Waals surface area contributed by atoms with Gasteiger partial charge < -0.3 is 10.1 Å². The monoisotopic (exact) mass is 169 g/mol. The van der Waals surface area contributed by atoms with Crippen molar-refractivity contribution in [3.8, 4) is 0 Å². The molecule has 0 amide bonds. The highest BCUT2D eigenvalue weighted by Crippen LogP contribution is 2.18. The maximum Gasteiger partial charge on any atom is 0.0732 e. The van der Waals surface area contributed by atoms with E-state index in [0.29, 0.717) is 12.0 Å². The molecule has 0 aromatic heterocycles. The Morgan fingerprint density at radius 3 is 2.92 bits per heavy atom. The molecule has 1 heterocycles. The summed E-state index contributed by atoms with van der Waals surface area (Å²) in [6.45, 7) is 6.45. The number of hydrogen-bond donors (Lipinski definition) is 1. The van der Waals surface area contributed by atoms with Crippen molar-refractivity contribution in [2.45, 2.75) is 26.4 Å². The molecule has 0 aliphatic carbocycles. The Labute approximate surface area is 75.0 Å². The lowest BCUT2D eigenvalue weighted by Gasteiger charge is -2.16. The third kappa shape index (κ3) is 2.61. The summed E-state index contributed by atoms with van der Waals surface area (Å²) in [5.41, 5.74) is 1.52. The lowest BCUT2D eigenvalue weighted by atomic mass is 9.97. The molecule has 0 unspecified atom stereocenters. The Kier molecular flexibility index (Phi) is 3.76. The largest absolute Gasteiger partial charge is 0.380 e. The number of nitrogens with one attached hydrogen (secondary N) is 1. The van der Waals surface area contributed by atoms with Crippen molar-refractivity contribution in [3.63, 3.8) is 0 Å². The summed E-state index contributed by atoms with van der Waals surface area (Å²) in [6, 6.07) is 0. The van der Waals surface area contributed by atoms with E-state index >= 15 is 0 Å². The fourth-order valence-corrected chi connectivity index (χ4v) is 1.50. The minimum Gasteiger partial charge on any atom is -0.380 e. The zero-order valence-corrected chi connectivity index (χ0v) is 8.26. The Bertz CT molecular complexity index is 163. The molecule has 2 nitrogen and oxygen atoms in total. The van der Waals surface area contributed by atoms with Gasteiger partial charge in [-0.2, -0.15) is 0 Å². The quantitative estimate of drug-likeness (QED) is 0.634. The third-order valence-corrected chi connectivity index (χ3v) is 2.42. The Morgan fingerprint density at radius 2 is 2.33 bits per heavy atom. The molecule has 0 fully saturated rings. The molecular weight excluding hydrogens is 150 g/mol. The van der Waals surface area contributed by atoms with Gasteiger partial charge in [-0.15, -0.1) is 0 Å². The normalized spacial score (nSPS) is 25.3. The summed E-state index contributed by atoms with van der Waals surface area (Å²) in [4.78, 5) is 0. The van der Waals surface area contributed by atoms with Crippen molar-refractivity contribution >= 4 is 0 Å². The second-order valence-electron chi connectivity index (χ2n) is 3.65. The van der Waals surface area contributed by atoms with Crippen LogP contribution in [0.25, 0.3) is 0 Å². The van der Waals surface area contributed by atoms with Gasteiger partial charge in [-0.05, 0) is 12.3 Å². The number of rotatable bonds is 2. The first-order chi connectivity index (χ1) is 5.74. The van der Waals surface area contributed by atoms with Gasteiger partial charge in [-0.25, -0.2) is 0 Å². The van der Waals surface area contributed by atoms with E-state index in [2.05, 4.69) is 25.2 Å². The molecule has 1 aliphatic rings. The summed E-state index contributed by atoms with van der Waals surface area (Å²) < 4.78 is 5.35. The van der Waals surface area contributed by atoms with Gasteiger partial charge in [-0.1, -0.05) is 25.5 Å². The first-order valence-corrected chi connectivity index (χ1v) is 4.66. The highest BCUT2D eigenvalue weighted by molar-refractivity contribution is 5.09. The second kappa shape index (κ2) is 4.63. The van der Waals surface area contributed by atoms with Crippen LogP contribution in [-0.2, 0) is 4.74 Å². The highest BCUT2D eigenvalue weighted by Gasteiger charge is 2.14. The third-order valence-electron chi connectivity index (χ3n) is 2.42. The van der Waals surface area contributed by atoms with E-state index in [1.165, 1.54) is 5.57 Å². The molecule has 0 bridgehead atoms. The first kappa shape index (κ1) is 9.75. The SMILES string of the molecule is CO[C@@H]1CNCC=C(C(C)C)C1. The maximum absolute atomic E-state index is 5.35. The van der Waals surface area contributed by atoms with Crippen LogP contribution in [0, 0.1) is 5.92 Å². The van der Waals surface area contributed by atoms with Crippen molar-refractivity contribution in [1.82, 2.24) is 5.32 Å². The Morgan fingerprint density at radius 1 is 1.58 bits per heavy atom. The summed E-state index contributed by atoms with van der Waals surface area (Å²) in [6.07, 6.45) is 3.74. The van der Waals surface area contributed by atoms with Crippen LogP contribution >= 0.6 is 0 Å². The van der Waals surface area contributed by atoms with Gasteiger partial charge in [-0.3, -0.25) is 0 Å². The first-order valence-electron chi connectivity index (χ1n) is 4.66. The zero-order valence-electron chi connectivity index (χ0n) is 8.26. The smallest absolute Gasteiger partial charge is 0.0732 e. The van der Waals surface area contributed by atoms with E-state index in [-0.39, 0.29) is 0 Å². The number of methoxy groups -OCH3 is 1. The van der Waals surface area contributed by atoms with Gasteiger partial charge in [0.1, 0.15) is 0 Å². The van der Waals surface area contributed by atoms with Crippen molar-refractivity contribution in [2.24, 2.45) is 5.92 Å². The predicted molar refractivity (Wildman–Crippen MR) is 51.2 cm³/mol. The summed E-state index contributed by atoms with van der Waals surface area (Å²) >= 11 is 0. The van der Waals surface area contributed by atoms with E-state index < -0.39 is 0 Å². The van der Waals surface area contributed by atoms with Crippen molar-refractivity contribution in [3.05, 3.63) is 11.6 Å². The molecule has 1 rings (SSSR count). The topological polar surface area (TPSA) is 21.3 Å². The predicted octanol–water partition coefficient (Wildman–Crippen LogP) is 1.58. The van der Waals surface area contributed by atoms with Crippen molar-refractivity contribution in [2.75, 3.05) is 20.2 Å². The van der Waals surface area contributed by atoms with Gasteiger partial charge in [0.05, 0.1) is 6.10 Å². The van der Waals surface area contributed by atoms with Gasteiger partial charge in [0.15, 0.2) is 0 Å². The minimum atomic E-state index is 0.362. The average Bonchev–Trinajstić information content (AvgIpc) is 2.28. The molecule has 0 aromatic carbocycles. The van der Waals surface area contributed by atoms with Crippen LogP contribution in [-0.4, -0.2) is 26.3 Å². The lowest BCUT2D eigenvalue weighted by Crippen LogP contribution is -2.26. The summed E-state index contributed by atoms with van der Waals surface area (Å²) in [5, 5.41) is 3.33. The second-order valence-corrected chi connectivity index (χ2v) is 3.65. The lowest BCUT2D eigenvalue weighted by molar-refractivity contribution is 0.103. The number of ether oxygens (including phenoxy) is 1. The molecule has 0 radical (unpaired) electrons. The highest BCUT2D eigenvalue weighted by atomic mass is 16.5. The fourth-order valence-electron chi connectivity index (χ4n) is 1.50. The number of hydrogen-bond acceptors (Lipinski definition) is 2. The van der Waals surface area contributed by atoms with Crippen LogP contribution in [0.15, 0.2) is 11.6 Å². The molecule has 2 heteroatoms. The van der Waals surface area contributed by atoms with Crippen LogP contribution < -0.4 is 5.32 Å². The van der Waals surface area contributed by atoms with Crippen LogP contribution in [0.1, 0.15) is 20.3 Å². The van der Waals surface area contributed by atoms with Crippen molar-refractivity contribution in [1.29, 1.82) is 0 Å². The molecule has 1 atom stereocenters. The van der Waals surface area contributed by atoms with Gasteiger partial charge in [0, 0.05) is 20.2 Å². The molecule has 0 aromatic rings. The summed E-state index contributed by atoms with van der Waals surface area (Å²) in [7, 11) is 1.79. The van der Waals surface area contributed by atoms with Crippen molar-refractivity contribution < 1.29 is 4.74 Å². The van der Waals surface area contributed by atoms with E-state index in [1.807, 2.05) is 0 Å². The fraction of sp³-hybridized carbons (Fsp3) is 0.800. The molecule has 1 N–H and O–H groups in total. The Balaban J connectivity index is 2.54. The molecule has 12 heavy (non-hydrogen) atoms. The molecule has 70 valence electrons. The van der Waals surface area contributed by atoms with Gasteiger partial charge in [0.25, 0.3) is 0 Å². The van der Waals surface area contributed by atoms with E-state index in [4.69, 9.17) is 4.74 Å². The van der Waals surface area contributed by atoms with Gasteiger partial charge in [0.2, 0.25) is 0 Å². The molecule has 1 aliphatic heterocycles. The standard InChI is InChI=1S/C10H19NO/c1-8(2)9-4-5-11-7-10(6-9)12-3/h4,8,10-11H,5-7H2,1-3H3/t10-/m0/s1. The molecule has 0 saturated heterocycles. The van der Waals surface area contributed by atoms with Crippen LogP contribution in [0.2, 0.25) is 0 Å². The average molecular weight is 169 g/mol. The van der Waals surface area contributed by atoms with E-state index in [1.54, 1.807) is 7.11 Å². The Hall–Kier alpha value is -0.340. The van der Waals surface area contributed by atoms with E-state index in [0.717, 1.165) is 19.5 Å². The van der Waals surface area contributed by atoms with E-state index in [9.17, 15) is 0 Å². The molecular formula is C10H19NO. The molecule has 0 saturated carbocycles. The van der Waals surface area contributed by atoms with Crippen LogP contribution in [0.4, 0.5) is 0 Å². The molecule has 0 spiro atoms. The summed E-state index contributed by atoms with van der Waals surface area (Å²) in [5.74, 6) is 0.655. The van der Waals surface area contributed by atoms with Crippen LogP contribution in [0.3, 0.4) is 0 Å².